The number of aryl methyl sites for hydroxylation is 1. The van der Waals surface area contributed by atoms with E-state index in [4.69, 9.17) is 0 Å². The van der Waals surface area contributed by atoms with Gasteiger partial charge in [0.2, 0.25) is 0 Å². The summed E-state index contributed by atoms with van der Waals surface area (Å²) in [6, 6.07) is 1.75. The molecule has 0 atom stereocenters. The van der Waals surface area contributed by atoms with Crippen LogP contribution in [0.1, 0.15) is 47.2 Å². The number of carbonyl (C=O) groups is 1. The predicted octanol–water partition coefficient (Wildman–Crippen LogP) is 3.52. The number of allylic oxidation sites excluding steroid dienone is 2. The molecule has 1 aromatic carbocycles. The Balaban J connectivity index is 2.16. The van der Waals surface area contributed by atoms with E-state index in [1.165, 1.54) is 0 Å². The first-order valence-corrected chi connectivity index (χ1v) is 7.62. The summed E-state index contributed by atoms with van der Waals surface area (Å²) in [6.45, 7) is 1.86. The SMILES string of the molecule is Cc1cnc2c(O)c3c(c(O)c2c1)C(=O)C=CC31CCCC1. The highest BCUT2D eigenvalue weighted by Gasteiger charge is 2.43. The molecule has 4 rings (SSSR count). The Labute approximate surface area is 128 Å². The summed E-state index contributed by atoms with van der Waals surface area (Å²) in [7, 11) is 0. The van der Waals surface area contributed by atoms with Crippen molar-refractivity contribution in [2.24, 2.45) is 0 Å². The Hall–Kier alpha value is -2.36. The van der Waals surface area contributed by atoms with Crippen LogP contribution in [0.4, 0.5) is 0 Å². The maximum absolute atomic E-state index is 12.3. The monoisotopic (exact) mass is 295 g/mol. The number of ketones is 1. The topological polar surface area (TPSA) is 70.4 Å². The fourth-order valence-corrected chi connectivity index (χ4v) is 3.98. The molecule has 1 fully saturated rings. The fraction of sp³-hybridized carbons (Fsp3) is 0.333. The van der Waals surface area contributed by atoms with Gasteiger partial charge >= 0.3 is 0 Å². The van der Waals surface area contributed by atoms with Gasteiger partial charge in [-0.1, -0.05) is 18.9 Å². The minimum absolute atomic E-state index is 0.0439. The van der Waals surface area contributed by atoms with Crippen LogP contribution in [-0.4, -0.2) is 21.0 Å². The minimum Gasteiger partial charge on any atom is -0.506 e. The number of fused-ring (bicyclic) bond motifs is 3. The number of aromatic nitrogens is 1. The van der Waals surface area contributed by atoms with Crippen molar-refractivity contribution in [2.45, 2.75) is 38.0 Å². The molecule has 0 radical (unpaired) electrons. The second-order valence-electron chi connectivity index (χ2n) is 6.42. The van der Waals surface area contributed by atoms with Gasteiger partial charge in [-0.25, -0.2) is 0 Å². The van der Waals surface area contributed by atoms with Crippen LogP contribution in [0.3, 0.4) is 0 Å². The van der Waals surface area contributed by atoms with Crippen molar-refractivity contribution in [3.8, 4) is 11.5 Å². The van der Waals surface area contributed by atoms with Gasteiger partial charge in [-0.05, 0) is 37.5 Å². The van der Waals surface area contributed by atoms with E-state index in [-0.39, 0.29) is 28.3 Å². The molecule has 2 aromatic rings. The molecule has 1 spiro atoms. The second kappa shape index (κ2) is 4.32. The maximum Gasteiger partial charge on any atom is 0.189 e. The van der Waals surface area contributed by atoms with Gasteiger partial charge in [0.25, 0.3) is 0 Å². The van der Waals surface area contributed by atoms with Crippen molar-refractivity contribution in [3.63, 3.8) is 0 Å². The molecule has 112 valence electrons. The summed E-state index contributed by atoms with van der Waals surface area (Å²) in [5, 5.41) is 21.9. The van der Waals surface area contributed by atoms with E-state index in [2.05, 4.69) is 4.98 Å². The van der Waals surface area contributed by atoms with Crippen molar-refractivity contribution in [2.75, 3.05) is 0 Å². The molecule has 2 N–H and O–H groups in total. The Morgan fingerprint density at radius 3 is 2.64 bits per heavy atom. The van der Waals surface area contributed by atoms with Crippen LogP contribution >= 0.6 is 0 Å². The second-order valence-corrected chi connectivity index (χ2v) is 6.42. The highest BCUT2D eigenvalue weighted by molar-refractivity contribution is 6.14. The normalized spacial score (nSPS) is 19.0. The van der Waals surface area contributed by atoms with E-state index >= 15 is 0 Å². The highest BCUT2D eigenvalue weighted by atomic mass is 16.3. The number of nitrogens with zero attached hydrogens (tertiary/aromatic N) is 1. The first kappa shape index (κ1) is 13.3. The van der Waals surface area contributed by atoms with Crippen LogP contribution in [0.5, 0.6) is 11.5 Å². The number of pyridine rings is 1. The summed E-state index contributed by atoms with van der Waals surface area (Å²) in [5.41, 5.74) is 1.72. The van der Waals surface area contributed by atoms with Gasteiger partial charge in [0, 0.05) is 22.6 Å². The molecule has 22 heavy (non-hydrogen) atoms. The lowest BCUT2D eigenvalue weighted by Gasteiger charge is -2.32. The Bertz CT molecular complexity index is 845. The Morgan fingerprint density at radius 1 is 1.18 bits per heavy atom. The number of hydrogen-bond donors (Lipinski definition) is 2. The van der Waals surface area contributed by atoms with E-state index in [9.17, 15) is 15.0 Å². The molecule has 0 amide bonds. The fourth-order valence-electron chi connectivity index (χ4n) is 3.98. The number of aromatic hydroxyl groups is 2. The molecule has 0 unspecified atom stereocenters. The molecule has 0 saturated heterocycles. The molecular formula is C18H17NO3. The molecule has 2 aliphatic carbocycles. The zero-order chi connectivity index (χ0) is 15.5. The van der Waals surface area contributed by atoms with Gasteiger partial charge in [0.15, 0.2) is 5.78 Å². The van der Waals surface area contributed by atoms with E-state index in [0.29, 0.717) is 16.5 Å². The third kappa shape index (κ3) is 1.58. The number of hydrogen-bond acceptors (Lipinski definition) is 4. The van der Waals surface area contributed by atoms with Crippen molar-refractivity contribution in [1.29, 1.82) is 0 Å². The van der Waals surface area contributed by atoms with E-state index in [1.807, 2.05) is 13.0 Å². The van der Waals surface area contributed by atoms with Crippen molar-refractivity contribution in [1.82, 2.24) is 4.98 Å². The minimum atomic E-state index is -0.342. The number of benzene rings is 1. The van der Waals surface area contributed by atoms with E-state index in [1.54, 1.807) is 18.3 Å². The zero-order valence-electron chi connectivity index (χ0n) is 12.4. The largest absolute Gasteiger partial charge is 0.506 e. The lowest BCUT2D eigenvalue weighted by Crippen LogP contribution is -2.26. The molecule has 0 aliphatic heterocycles. The molecule has 2 aliphatic rings. The standard InChI is InChI=1S/C18H17NO3/c1-10-8-11-15(19-9-10)17(22)14-13(16(11)21)12(20)4-7-18(14)5-2-3-6-18/h4,7-9,21-22H,2-3,5-6H2,1H3. The Morgan fingerprint density at radius 2 is 1.91 bits per heavy atom. The van der Waals surface area contributed by atoms with Crippen LogP contribution in [0.15, 0.2) is 24.4 Å². The third-order valence-electron chi connectivity index (χ3n) is 5.02. The van der Waals surface area contributed by atoms with E-state index in [0.717, 1.165) is 31.2 Å². The average molecular weight is 295 g/mol. The Kier molecular flexibility index (Phi) is 2.61. The summed E-state index contributed by atoms with van der Waals surface area (Å²) in [6.07, 6.45) is 8.98. The lowest BCUT2D eigenvalue weighted by molar-refractivity contribution is 0.103. The van der Waals surface area contributed by atoms with Crippen molar-refractivity contribution in [3.05, 3.63) is 41.1 Å². The quantitative estimate of drug-likeness (QED) is 0.730. The van der Waals surface area contributed by atoms with Crippen LogP contribution in [-0.2, 0) is 5.41 Å². The van der Waals surface area contributed by atoms with Gasteiger partial charge in [-0.3, -0.25) is 9.78 Å². The van der Waals surface area contributed by atoms with E-state index < -0.39 is 0 Å². The summed E-state index contributed by atoms with van der Waals surface area (Å²) < 4.78 is 0. The number of carbonyl (C=O) groups excluding carboxylic acids is 1. The number of phenolic OH excluding ortho intramolecular Hbond substituents is 2. The molecule has 4 nitrogen and oxygen atoms in total. The van der Waals surface area contributed by atoms with Gasteiger partial charge in [0.05, 0.1) is 5.56 Å². The number of phenols is 2. The molecule has 1 heterocycles. The van der Waals surface area contributed by atoms with Gasteiger partial charge in [-0.2, -0.15) is 0 Å². The number of rotatable bonds is 0. The summed E-state index contributed by atoms with van der Waals surface area (Å²) >= 11 is 0. The van der Waals surface area contributed by atoms with Crippen LogP contribution < -0.4 is 0 Å². The molecule has 4 heteroatoms. The van der Waals surface area contributed by atoms with Crippen molar-refractivity contribution >= 4 is 16.7 Å². The van der Waals surface area contributed by atoms with Gasteiger partial charge in [-0.15, -0.1) is 0 Å². The molecule has 1 aromatic heterocycles. The van der Waals surface area contributed by atoms with Gasteiger partial charge in [0.1, 0.15) is 17.0 Å². The van der Waals surface area contributed by atoms with Crippen LogP contribution in [0.2, 0.25) is 0 Å². The third-order valence-corrected chi connectivity index (χ3v) is 5.02. The predicted molar refractivity (Wildman–Crippen MR) is 83.4 cm³/mol. The van der Waals surface area contributed by atoms with Crippen molar-refractivity contribution < 1.29 is 15.0 Å². The first-order valence-electron chi connectivity index (χ1n) is 7.62. The average Bonchev–Trinajstić information content (AvgIpc) is 2.96. The highest BCUT2D eigenvalue weighted by Crippen LogP contribution is 2.53. The summed E-state index contributed by atoms with van der Waals surface area (Å²) in [4.78, 5) is 16.6. The van der Waals surface area contributed by atoms with Gasteiger partial charge < -0.3 is 10.2 Å². The maximum atomic E-state index is 12.3. The zero-order valence-corrected chi connectivity index (χ0v) is 12.4. The van der Waals surface area contributed by atoms with Crippen LogP contribution in [0.25, 0.3) is 10.9 Å². The first-order chi connectivity index (χ1) is 10.5. The summed E-state index contributed by atoms with van der Waals surface area (Å²) in [5.74, 6) is -0.259. The molecule has 1 saturated carbocycles. The smallest absolute Gasteiger partial charge is 0.189 e. The lowest BCUT2D eigenvalue weighted by atomic mass is 9.71. The molecular weight excluding hydrogens is 278 g/mol. The van der Waals surface area contributed by atoms with Crippen LogP contribution in [0, 0.1) is 6.92 Å². The molecule has 0 bridgehead atoms.